The second kappa shape index (κ2) is 8.34. The number of rotatable bonds is 6. The van der Waals surface area contributed by atoms with Crippen LogP contribution in [-0.4, -0.2) is 25.0 Å². The fourth-order valence-corrected chi connectivity index (χ4v) is 2.88. The van der Waals surface area contributed by atoms with Crippen LogP contribution in [0, 0.1) is 0 Å². The van der Waals surface area contributed by atoms with Crippen LogP contribution >= 0.6 is 0 Å². The number of nitrogens with one attached hydrogen (secondary N) is 1. The van der Waals surface area contributed by atoms with Gasteiger partial charge in [-0.1, -0.05) is 24.3 Å². The van der Waals surface area contributed by atoms with Crippen LogP contribution in [0.5, 0.6) is 5.75 Å². The van der Waals surface area contributed by atoms with Crippen molar-refractivity contribution in [2.45, 2.75) is 19.8 Å². The molecule has 0 radical (unpaired) electrons. The lowest BCUT2D eigenvalue weighted by molar-refractivity contribution is -0.117. The van der Waals surface area contributed by atoms with Crippen molar-refractivity contribution < 1.29 is 14.3 Å². The van der Waals surface area contributed by atoms with Gasteiger partial charge in [0.1, 0.15) is 5.75 Å². The minimum atomic E-state index is -0.226. The molecule has 1 aliphatic rings. The molecule has 5 heteroatoms. The fraction of sp³-hybridized carbons (Fsp3) is 0.238. The van der Waals surface area contributed by atoms with Crippen molar-refractivity contribution in [3.05, 3.63) is 60.2 Å². The molecule has 0 aromatic heterocycles. The average molecular weight is 350 g/mol. The summed E-state index contributed by atoms with van der Waals surface area (Å²) >= 11 is 0. The number of carbonyl (C=O) groups is 2. The van der Waals surface area contributed by atoms with E-state index < -0.39 is 0 Å². The first-order chi connectivity index (χ1) is 12.7. The number of benzene rings is 2. The molecule has 0 atom stereocenters. The lowest BCUT2D eigenvalue weighted by atomic mass is 10.2. The van der Waals surface area contributed by atoms with E-state index in [1.165, 1.54) is 6.08 Å². The maximum Gasteiger partial charge on any atom is 0.248 e. The molecule has 0 aliphatic carbocycles. The highest BCUT2D eigenvalue weighted by Gasteiger charge is 2.21. The third-order valence-electron chi connectivity index (χ3n) is 4.15. The molecule has 2 amide bonds. The zero-order valence-electron chi connectivity index (χ0n) is 14.8. The Morgan fingerprint density at radius 3 is 2.65 bits per heavy atom. The van der Waals surface area contributed by atoms with Crippen molar-refractivity contribution in [3.8, 4) is 5.75 Å². The van der Waals surface area contributed by atoms with E-state index in [1.54, 1.807) is 17.0 Å². The SMILES string of the molecule is CCOc1ccccc1NC(=O)/C=C/c1ccc(N2CCCC2=O)cc1. The molecule has 5 nitrogen and oxygen atoms in total. The Kier molecular flexibility index (Phi) is 5.69. The van der Waals surface area contributed by atoms with Gasteiger partial charge in [-0.05, 0) is 49.2 Å². The average Bonchev–Trinajstić information content (AvgIpc) is 3.08. The van der Waals surface area contributed by atoms with Crippen LogP contribution in [0.1, 0.15) is 25.3 Å². The first-order valence-corrected chi connectivity index (χ1v) is 8.78. The molecule has 26 heavy (non-hydrogen) atoms. The third-order valence-corrected chi connectivity index (χ3v) is 4.15. The zero-order valence-corrected chi connectivity index (χ0v) is 14.8. The van der Waals surface area contributed by atoms with Crippen LogP contribution in [0.15, 0.2) is 54.6 Å². The highest BCUT2D eigenvalue weighted by atomic mass is 16.5. The quantitative estimate of drug-likeness (QED) is 0.805. The van der Waals surface area contributed by atoms with Crippen molar-refractivity contribution >= 4 is 29.3 Å². The maximum absolute atomic E-state index is 12.2. The smallest absolute Gasteiger partial charge is 0.248 e. The van der Waals surface area contributed by atoms with Gasteiger partial charge in [-0.3, -0.25) is 9.59 Å². The Morgan fingerprint density at radius 2 is 1.96 bits per heavy atom. The van der Waals surface area contributed by atoms with Crippen LogP contribution in [-0.2, 0) is 9.59 Å². The van der Waals surface area contributed by atoms with Crippen LogP contribution in [0.4, 0.5) is 11.4 Å². The fourth-order valence-electron chi connectivity index (χ4n) is 2.88. The zero-order chi connectivity index (χ0) is 18.4. The standard InChI is InChI=1S/C21H22N2O3/c1-2-26-19-7-4-3-6-18(19)22-20(24)14-11-16-9-12-17(13-10-16)23-15-5-8-21(23)25/h3-4,6-7,9-14H,2,5,8,15H2,1H3,(H,22,24)/b14-11+. The predicted molar refractivity (Wildman–Crippen MR) is 103 cm³/mol. The van der Waals surface area contributed by atoms with Crippen molar-refractivity contribution in [2.75, 3.05) is 23.4 Å². The van der Waals surface area contributed by atoms with Gasteiger partial charge in [-0.15, -0.1) is 0 Å². The molecule has 1 aliphatic heterocycles. The van der Waals surface area contributed by atoms with E-state index in [4.69, 9.17) is 4.74 Å². The molecule has 1 heterocycles. The molecule has 0 spiro atoms. The summed E-state index contributed by atoms with van der Waals surface area (Å²) in [5.74, 6) is 0.591. The first-order valence-electron chi connectivity index (χ1n) is 8.78. The van der Waals surface area contributed by atoms with Crippen LogP contribution in [0.2, 0.25) is 0 Å². The molecule has 0 saturated carbocycles. The normalized spacial score (nSPS) is 14.0. The molecular weight excluding hydrogens is 328 g/mol. The summed E-state index contributed by atoms with van der Waals surface area (Å²) in [6.07, 6.45) is 4.75. The molecular formula is C21H22N2O3. The highest BCUT2D eigenvalue weighted by molar-refractivity contribution is 6.02. The summed E-state index contributed by atoms with van der Waals surface area (Å²) in [6.45, 7) is 3.21. The van der Waals surface area contributed by atoms with Gasteiger partial charge >= 0.3 is 0 Å². The number of para-hydroxylation sites is 2. The van der Waals surface area contributed by atoms with Gasteiger partial charge in [0, 0.05) is 24.7 Å². The lowest BCUT2D eigenvalue weighted by Crippen LogP contribution is -2.23. The van der Waals surface area contributed by atoms with E-state index in [-0.39, 0.29) is 11.8 Å². The molecule has 0 bridgehead atoms. The van der Waals surface area contributed by atoms with Crippen molar-refractivity contribution in [1.29, 1.82) is 0 Å². The number of hydrogen-bond donors (Lipinski definition) is 1. The van der Waals surface area contributed by atoms with Crippen molar-refractivity contribution in [1.82, 2.24) is 0 Å². The molecule has 1 saturated heterocycles. The van der Waals surface area contributed by atoms with Gasteiger partial charge in [0.2, 0.25) is 11.8 Å². The third kappa shape index (κ3) is 4.30. The summed E-state index contributed by atoms with van der Waals surface area (Å²) in [6, 6.07) is 15.0. The van der Waals surface area contributed by atoms with Crippen molar-refractivity contribution in [3.63, 3.8) is 0 Å². The molecule has 134 valence electrons. The van der Waals surface area contributed by atoms with Gasteiger partial charge in [0.15, 0.2) is 0 Å². The Balaban J connectivity index is 1.62. The summed E-state index contributed by atoms with van der Waals surface area (Å²) < 4.78 is 5.50. The molecule has 2 aromatic rings. The van der Waals surface area contributed by atoms with Gasteiger partial charge in [0.05, 0.1) is 12.3 Å². The molecule has 2 aromatic carbocycles. The second-order valence-electron chi connectivity index (χ2n) is 5.99. The first kappa shape index (κ1) is 17.7. The van der Waals surface area contributed by atoms with Gasteiger partial charge < -0.3 is 15.0 Å². The molecule has 1 N–H and O–H groups in total. The van der Waals surface area contributed by atoms with Gasteiger partial charge in [-0.25, -0.2) is 0 Å². The summed E-state index contributed by atoms with van der Waals surface area (Å²) in [4.78, 5) is 25.7. The largest absolute Gasteiger partial charge is 0.492 e. The number of hydrogen-bond acceptors (Lipinski definition) is 3. The Labute approximate surface area is 153 Å². The van der Waals surface area contributed by atoms with Crippen LogP contribution < -0.4 is 15.0 Å². The number of amides is 2. The van der Waals surface area contributed by atoms with E-state index in [0.717, 1.165) is 24.2 Å². The number of nitrogens with zero attached hydrogens (tertiary/aromatic N) is 1. The van der Waals surface area contributed by atoms with Crippen LogP contribution in [0.3, 0.4) is 0 Å². The minimum absolute atomic E-state index is 0.167. The van der Waals surface area contributed by atoms with Crippen molar-refractivity contribution in [2.24, 2.45) is 0 Å². The molecule has 1 fully saturated rings. The Morgan fingerprint density at radius 1 is 1.19 bits per heavy atom. The van der Waals surface area contributed by atoms with E-state index in [1.807, 2.05) is 49.4 Å². The van der Waals surface area contributed by atoms with E-state index in [0.29, 0.717) is 24.5 Å². The Hall–Kier alpha value is -3.08. The summed E-state index contributed by atoms with van der Waals surface area (Å²) in [7, 11) is 0. The number of anilines is 2. The maximum atomic E-state index is 12.2. The van der Waals surface area contributed by atoms with E-state index in [2.05, 4.69) is 5.32 Å². The van der Waals surface area contributed by atoms with Gasteiger partial charge in [-0.2, -0.15) is 0 Å². The summed E-state index contributed by atoms with van der Waals surface area (Å²) in [5.41, 5.74) is 2.44. The van der Waals surface area contributed by atoms with E-state index in [9.17, 15) is 9.59 Å². The second-order valence-corrected chi connectivity index (χ2v) is 5.99. The number of carbonyl (C=O) groups excluding carboxylic acids is 2. The molecule has 0 unspecified atom stereocenters. The van der Waals surface area contributed by atoms with E-state index >= 15 is 0 Å². The Bertz CT molecular complexity index is 812. The minimum Gasteiger partial charge on any atom is -0.492 e. The lowest BCUT2D eigenvalue weighted by Gasteiger charge is -2.15. The van der Waals surface area contributed by atoms with Crippen LogP contribution in [0.25, 0.3) is 6.08 Å². The van der Waals surface area contributed by atoms with Gasteiger partial charge in [0.25, 0.3) is 0 Å². The predicted octanol–water partition coefficient (Wildman–Crippen LogP) is 3.86. The topological polar surface area (TPSA) is 58.6 Å². The highest BCUT2D eigenvalue weighted by Crippen LogP contribution is 2.24. The molecule has 3 rings (SSSR count). The summed E-state index contributed by atoms with van der Waals surface area (Å²) in [5, 5.41) is 2.82. The monoisotopic (exact) mass is 350 g/mol. The number of ether oxygens (including phenoxy) is 1.